The normalized spacial score (nSPS) is 14.7. The summed E-state index contributed by atoms with van der Waals surface area (Å²) in [5.74, 6) is 0. The van der Waals surface area contributed by atoms with E-state index in [9.17, 15) is 4.79 Å². The van der Waals surface area contributed by atoms with Gasteiger partial charge in [-0.2, -0.15) is 5.10 Å². The Morgan fingerprint density at radius 1 is 0.688 bits per heavy atom. The highest BCUT2D eigenvalue weighted by Gasteiger charge is 2.17. The van der Waals surface area contributed by atoms with E-state index >= 15 is 0 Å². The summed E-state index contributed by atoms with van der Waals surface area (Å²) in [7, 11) is 0. The molecule has 0 unspecified atom stereocenters. The van der Waals surface area contributed by atoms with Crippen molar-refractivity contribution in [1.29, 1.82) is 0 Å². The van der Waals surface area contributed by atoms with Crippen LogP contribution in [0.3, 0.4) is 0 Å². The van der Waals surface area contributed by atoms with Gasteiger partial charge >= 0.3 is 0 Å². The summed E-state index contributed by atoms with van der Waals surface area (Å²) in [5, 5.41) is 6.43. The molecule has 1 aliphatic rings. The average molecular weight is 425 g/mol. The predicted octanol–water partition coefficient (Wildman–Crippen LogP) is 4.28. The van der Waals surface area contributed by atoms with Crippen molar-refractivity contribution in [2.24, 2.45) is 0 Å². The van der Waals surface area contributed by atoms with E-state index < -0.39 is 0 Å². The second kappa shape index (κ2) is 9.37. The summed E-state index contributed by atoms with van der Waals surface area (Å²) in [6, 6.07) is 28.5. The van der Waals surface area contributed by atoms with Crippen molar-refractivity contribution < 1.29 is 0 Å². The first-order valence-electron chi connectivity index (χ1n) is 11.4. The van der Waals surface area contributed by atoms with Crippen LogP contribution in [0.5, 0.6) is 0 Å². The molecule has 162 valence electrons. The van der Waals surface area contributed by atoms with E-state index in [1.54, 1.807) is 4.68 Å². The van der Waals surface area contributed by atoms with Crippen LogP contribution in [0, 0.1) is 0 Å². The van der Waals surface area contributed by atoms with Gasteiger partial charge in [0.05, 0.1) is 11.1 Å². The molecule has 5 rings (SSSR count). The Balaban J connectivity index is 1.27. The molecule has 0 amide bonds. The number of piperazine rings is 1. The third-order valence-electron chi connectivity index (χ3n) is 6.25. The summed E-state index contributed by atoms with van der Waals surface area (Å²) < 4.78 is 1.66. The van der Waals surface area contributed by atoms with Crippen molar-refractivity contribution in [2.45, 2.75) is 13.0 Å². The van der Waals surface area contributed by atoms with Gasteiger partial charge in [0.25, 0.3) is 5.56 Å². The SMILES string of the molecule is O=c1c2ccccc2c(-c2ccccc2)nn1CCCN1CCN(c2ccccc2)CC1. The summed E-state index contributed by atoms with van der Waals surface area (Å²) >= 11 is 0. The van der Waals surface area contributed by atoms with E-state index in [2.05, 4.69) is 52.3 Å². The van der Waals surface area contributed by atoms with E-state index in [0.717, 1.165) is 61.2 Å². The highest BCUT2D eigenvalue weighted by molar-refractivity contribution is 5.93. The highest BCUT2D eigenvalue weighted by atomic mass is 16.1. The molecule has 0 bridgehead atoms. The molecule has 0 radical (unpaired) electrons. The van der Waals surface area contributed by atoms with Gasteiger partial charge in [0, 0.05) is 55.9 Å². The number of rotatable bonds is 6. The minimum Gasteiger partial charge on any atom is -0.369 e. The number of nitrogens with zero attached hydrogens (tertiary/aromatic N) is 4. The second-order valence-corrected chi connectivity index (χ2v) is 8.31. The molecule has 1 fully saturated rings. The zero-order valence-corrected chi connectivity index (χ0v) is 18.2. The maximum absolute atomic E-state index is 13.1. The van der Waals surface area contributed by atoms with Gasteiger partial charge in [0.1, 0.15) is 0 Å². The maximum atomic E-state index is 13.1. The molecule has 0 N–H and O–H groups in total. The number of para-hydroxylation sites is 1. The Kier molecular flexibility index (Phi) is 5.99. The third kappa shape index (κ3) is 4.30. The van der Waals surface area contributed by atoms with Gasteiger partial charge < -0.3 is 4.90 Å². The molecule has 1 saturated heterocycles. The van der Waals surface area contributed by atoms with Crippen LogP contribution in [0.15, 0.2) is 89.7 Å². The van der Waals surface area contributed by atoms with Crippen molar-refractivity contribution in [3.8, 4) is 11.3 Å². The first-order valence-corrected chi connectivity index (χ1v) is 11.4. The second-order valence-electron chi connectivity index (χ2n) is 8.31. The largest absolute Gasteiger partial charge is 0.369 e. The lowest BCUT2D eigenvalue weighted by Gasteiger charge is -2.36. The van der Waals surface area contributed by atoms with Crippen molar-refractivity contribution in [3.63, 3.8) is 0 Å². The van der Waals surface area contributed by atoms with Crippen LogP contribution in [0.4, 0.5) is 5.69 Å². The topological polar surface area (TPSA) is 41.4 Å². The van der Waals surface area contributed by atoms with Gasteiger partial charge in [-0.15, -0.1) is 0 Å². The fraction of sp³-hybridized carbons (Fsp3) is 0.259. The van der Waals surface area contributed by atoms with Gasteiger partial charge in [-0.1, -0.05) is 66.7 Å². The fourth-order valence-electron chi connectivity index (χ4n) is 4.51. The van der Waals surface area contributed by atoms with Crippen LogP contribution in [0.2, 0.25) is 0 Å². The van der Waals surface area contributed by atoms with E-state index in [0.29, 0.717) is 6.54 Å². The number of aromatic nitrogens is 2. The van der Waals surface area contributed by atoms with E-state index in [1.165, 1.54) is 5.69 Å². The van der Waals surface area contributed by atoms with Gasteiger partial charge in [-0.05, 0) is 24.6 Å². The van der Waals surface area contributed by atoms with Crippen molar-refractivity contribution in [1.82, 2.24) is 14.7 Å². The summed E-state index contributed by atoms with van der Waals surface area (Å²) in [6.45, 7) is 5.77. The molecule has 3 aromatic carbocycles. The maximum Gasteiger partial charge on any atom is 0.274 e. The van der Waals surface area contributed by atoms with Crippen LogP contribution >= 0.6 is 0 Å². The molecule has 1 aromatic heterocycles. The molecular weight excluding hydrogens is 396 g/mol. The lowest BCUT2D eigenvalue weighted by atomic mass is 10.1. The Labute approximate surface area is 188 Å². The quantitative estimate of drug-likeness (QED) is 0.463. The standard InChI is InChI=1S/C27H28N4O/c32-27-25-15-8-7-14-24(25)26(22-10-3-1-4-11-22)28-31(27)17-9-16-29-18-20-30(21-19-29)23-12-5-2-6-13-23/h1-8,10-15H,9,16-21H2. The molecule has 2 heterocycles. The number of fused-ring (bicyclic) bond motifs is 1. The molecule has 5 nitrogen and oxygen atoms in total. The fourth-order valence-corrected chi connectivity index (χ4v) is 4.51. The summed E-state index contributed by atoms with van der Waals surface area (Å²) in [5.41, 5.74) is 3.20. The molecule has 0 spiro atoms. The van der Waals surface area contributed by atoms with Gasteiger partial charge in [-0.25, -0.2) is 4.68 Å². The summed E-state index contributed by atoms with van der Waals surface area (Å²) in [6.07, 6.45) is 0.908. The Bertz CT molecular complexity index is 1230. The van der Waals surface area contributed by atoms with Crippen molar-refractivity contribution in [3.05, 3.63) is 95.3 Å². The Morgan fingerprint density at radius 3 is 2.03 bits per heavy atom. The molecule has 0 aliphatic carbocycles. The van der Waals surface area contributed by atoms with E-state index in [1.807, 2.05) is 42.5 Å². The van der Waals surface area contributed by atoms with E-state index in [-0.39, 0.29) is 5.56 Å². The zero-order chi connectivity index (χ0) is 21.8. The van der Waals surface area contributed by atoms with Gasteiger partial charge in [-0.3, -0.25) is 9.69 Å². The number of anilines is 1. The molecule has 0 saturated carbocycles. The van der Waals surface area contributed by atoms with Crippen LogP contribution in [-0.2, 0) is 6.54 Å². The summed E-state index contributed by atoms with van der Waals surface area (Å²) in [4.78, 5) is 18.0. The van der Waals surface area contributed by atoms with Gasteiger partial charge in [0.2, 0.25) is 0 Å². The Morgan fingerprint density at radius 2 is 1.31 bits per heavy atom. The number of benzene rings is 3. The molecular formula is C27H28N4O. The smallest absolute Gasteiger partial charge is 0.274 e. The van der Waals surface area contributed by atoms with Crippen LogP contribution in [0.1, 0.15) is 6.42 Å². The Hall–Kier alpha value is -3.44. The molecule has 0 atom stereocenters. The average Bonchev–Trinajstić information content (AvgIpc) is 2.87. The molecule has 5 heteroatoms. The zero-order valence-electron chi connectivity index (χ0n) is 18.2. The van der Waals surface area contributed by atoms with Crippen molar-refractivity contribution in [2.75, 3.05) is 37.6 Å². The van der Waals surface area contributed by atoms with E-state index in [4.69, 9.17) is 5.10 Å². The molecule has 4 aromatic rings. The highest BCUT2D eigenvalue weighted by Crippen LogP contribution is 2.24. The lowest BCUT2D eigenvalue weighted by Crippen LogP contribution is -2.46. The van der Waals surface area contributed by atoms with Crippen LogP contribution < -0.4 is 10.5 Å². The monoisotopic (exact) mass is 424 g/mol. The lowest BCUT2D eigenvalue weighted by molar-refractivity contribution is 0.248. The van der Waals surface area contributed by atoms with Gasteiger partial charge in [0.15, 0.2) is 0 Å². The molecule has 1 aliphatic heterocycles. The van der Waals surface area contributed by atoms with Crippen molar-refractivity contribution >= 4 is 16.5 Å². The number of hydrogen-bond acceptors (Lipinski definition) is 4. The number of hydrogen-bond donors (Lipinski definition) is 0. The minimum absolute atomic E-state index is 0.00539. The third-order valence-corrected chi connectivity index (χ3v) is 6.25. The van der Waals surface area contributed by atoms with Crippen LogP contribution in [-0.4, -0.2) is 47.4 Å². The first-order chi connectivity index (χ1) is 15.8. The molecule has 32 heavy (non-hydrogen) atoms. The minimum atomic E-state index is -0.00539. The first kappa shape index (κ1) is 20.5. The predicted molar refractivity (Wildman–Crippen MR) is 131 cm³/mol. The van der Waals surface area contributed by atoms with Crippen LogP contribution in [0.25, 0.3) is 22.0 Å². The number of aryl methyl sites for hydroxylation is 1.